The van der Waals surface area contributed by atoms with E-state index in [2.05, 4.69) is 15.5 Å². The second-order valence-corrected chi connectivity index (χ2v) is 4.48. The first-order chi connectivity index (χ1) is 10.1. The van der Waals surface area contributed by atoms with Crippen molar-refractivity contribution in [3.05, 3.63) is 59.7 Å². The Morgan fingerprint density at radius 2 is 1.90 bits per heavy atom. The maximum atomic E-state index is 13.7. The zero-order valence-electron chi connectivity index (χ0n) is 10.9. The molecule has 3 aromatic rings. The first kappa shape index (κ1) is 13.2. The molecule has 106 valence electrons. The largest absolute Gasteiger partial charge is 0.398 e. The minimum Gasteiger partial charge on any atom is -0.398 e. The van der Waals surface area contributed by atoms with Crippen LogP contribution in [0.15, 0.2) is 42.5 Å². The lowest BCUT2D eigenvalue weighted by molar-refractivity contribution is 0.579. The summed E-state index contributed by atoms with van der Waals surface area (Å²) in [5, 5.41) is 11.3. The van der Waals surface area contributed by atoms with Crippen molar-refractivity contribution >= 4 is 5.69 Å². The zero-order chi connectivity index (χ0) is 14.8. The molecule has 0 saturated carbocycles. The van der Waals surface area contributed by atoms with Crippen molar-refractivity contribution in [2.75, 3.05) is 5.73 Å². The fourth-order valence-electron chi connectivity index (χ4n) is 2.03. The SMILES string of the molecule is Nc1cc(F)ccc1-c1nnnn1Cc1ccccc1F. The van der Waals surface area contributed by atoms with E-state index in [9.17, 15) is 8.78 Å². The Morgan fingerprint density at radius 1 is 1.10 bits per heavy atom. The van der Waals surface area contributed by atoms with E-state index in [1.54, 1.807) is 18.2 Å². The second kappa shape index (κ2) is 5.28. The topological polar surface area (TPSA) is 69.6 Å². The number of nitrogen functional groups attached to an aromatic ring is 1. The standard InChI is InChI=1S/C14H11F2N5/c15-10-5-6-11(13(17)7-10)14-18-19-20-21(14)8-9-3-1-2-4-12(9)16/h1-7H,8,17H2. The van der Waals surface area contributed by atoms with Crippen LogP contribution in [-0.4, -0.2) is 20.2 Å². The highest BCUT2D eigenvalue weighted by Crippen LogP contribution is 2.24. The van der Waals surface area contributed by atoms with Crippen molar-refractivity contribution in [1.82, 2.24) is 20.2 Å². The molecule has 2 aromatic carbocycles. The highest BCUT2D eigenvalue weighted by molar-refractivity contribution is 5.71. The van der Waals surface area contributed by atoms with Crippen LogP contribution in [0, 0.1) is 11.6 Å². The fourth-order valence-corrected chi connectivity index (χ4v) is 2.03. The van der Waals surface area contributed by atoms with Crippen LogP contribution >= 0.6 is 0 Å². The minimum atomic E-state index is -0.440. The number of rotatable bonds is 3. The van der Waals surface area contributed by atoms with Gasteiger partial charge in [0.15, 0.2) is 5.82 Å². The van der Waals surface area contributed by atoms with Gasteiger partial charge in [0.05, 0.1) is 6.54 Å². The van der Waals surface area contributed by atoms with Crippen LogP contribution in [0.4, 0.5) is 14.5 Å². The molecule has 2 N–H and O–H groups in total. The van der Waals surface area contributed by atoms with Gasteiger partial charge in [0.2, 0.25) is 0 Å². The van der Waals surface area contributed by atoms with Gasteiger partial charge in [-0.05, 0) is 34.7 Å². The minimum absolute atomic E-state index is 0.159. The van der Waals surface area contributed by atoms with Gasteiger partial charge in [0.1, 0.15) is 11.6 Å². The lowest BCUT2D eigenvalue weighted by Gasteiger charge is -2.07. The van der Waals surface area contributed by atoms with Gasteiger partial charge in [-0.15, -0.1) is 5.10 Å². The number of nitrogens with zero attached hydrogens (tertiary/aromatic N) is 4. The number of hydrogen-bond acceptors (Lipinski definition) is 4. The van der Waals surface area contributed by atoms with Crippen molar-refractivity contribution in [1.29, 1.82) is 0 Å². The van der Waals surface area contributed by atoms with Crippen molar-refractivity contribution in [3.8, 4) is 11.4 Å². The van der Waals surface area contributed by atoms with Crippen LogP contribution in [0.3, 0.4) is 0 Å². The smallest absolute Gasteiger partial charge is 0.184 e. The fraction of sp³-hybridized carbons (Fsp3) is 0.0714. The monoisotopic (exact) mass is 287 g/mol. The molecule has 0 bridgehead atoms. The van der Waals surface area contributed by atoms with E-state index in [4.69, 9.17) is 5.73 Å². The molecule has 21 heavy (non-hydrogen) atoms. The van der Waals surface area contributed by atoms with Crippen LogP contribution in [0.2, 0.25) is 0 Å². The molecule has 0 atom stereocenters. The highest BCUT2D eigenvalue weighted by atomic mass is 19.1. The summed E-state index contributed by atoms with van der Waals surface area (Å²) in [4.78, 5) is 0. The molecule has 1 heterocycles. The number of nitrogens with two attached hydrogens (primary N) is 1. The Morgan fingerprint density at radius 3 is 2.67 bits per heavy atom. The molecule has 5 nitrogen and oxygen atoms in total. The summed E-state index contributed by atoms with van der Waals surface area (Å²) in [5.41, 5.74) is 6.95. The Balaban J connectivity index is 2.00. The van der Waals surface area contributed by atoms with Crippen LogP contribution in [0.5, 0.6) is 0 Å². The van der Waals surface area contributed by atoms with E-state index in [-0.39, 0.29) is 18.0 Å². The van der Waals surface area contributed by atoms with Gasteiger partial charge < -0.3 is 5.73 Å². The van der Waals surface area contributed by atoms with Crippen LogP contribution in [-0.2, 0) is 6.54 Å². The van der Waals surface area contributed by atoms with Gasteiger partial charge in [-0.25, -0.2) is 13.5 Å². The van der Waals surface area contributed by atoms with Crippen molar-refractivity contribution in [2.24, 2.45) is 0 Å². The molecule has 0 aliphatic rings. The van der Waals surface area contributed by atoms with Crippen LogP contribution in [0.25, 0.3) is 11.4 Å². The number of tetrazole rings is 1. The molecule has 0 amide bonds. The summed E-state index contributed by atoms with van der Waals surface area (Å²) in [6.45, 7) is 0.159. The molecule has 0 fully saturated rings. The molecule has 3 rings (SSSR count). The lowest BCUT2D eigenvalue weighted by atomic mass is 10.1. The van der Waals surface area contributed by atoms with Gasteiger partial charge in [0.25, 0.3) is 0 Å². The Kier molecular flexibility index (Phi) is 3.31. The average molecular weight is 287 g/mol. The summed E-state index contributed by atoms with van der Waals surface area (Å²) >= 11 is 0. The summed E-state index contributed by atoms with van der Waals surface area (Å²) < 4.78 is 28.2. The van der Waals surface area contributed by atoms with Crippen molar-refractivity contribution < 1.29 is 8.78 Å². The summed E-state index contributed by atoms with van der Waals surface area (Å²) in [6.07, 6.45) is 0. The van der Waals surface area contributed by atoms with E-state index in [1.807, 2.05) is 0 Å². The van der Waals surface area contributed by atoms with Crippen molar-refractivity contribution in [2.45, 2.75) is 6.54 Å². The summed E-state index contributed by atoms with van der Waals surface area (Å²) in [7, 11) is 0. The van der Waals surface area contributed by atoms with E-state index < -0.39 is 5.82 Å². The Hall–Kier alpha value is -2.83. The number of hydrogen-bond donors (Lipinski definition) is 1. The third kappa shape index (κ3) is 2.58. The Bertz CT molecular complexity index is 785. The number of benzene rings is 2. The average Bonchev–Trinajstić information content (AvgIpc) is 2.89. The maximum absolute atomic E-state index is 13.7. The molecular weight excluding hydrogens is 276 g/mol. The molecule has 0 aliphatic heterocycles. The summed E-state index contributed by atoms with van der Waals surface area (Å²) in [5.74, 6) is -0.425. The molecule has 1 aromatic heterocycles. The van der Waals surface area contributed by atoms with Gasteiger partial charge in [0, 0.05) is 16.8 Å². The highest BCUT2D eigenvalue weighted by Gasteiger charge is 2.14. The maximum Gasteiger partial charge on any atom is 0.184 e. The van der Waals surface area contributed by atoms with Gasteiger partial charge in [-0.2, -0.15) is 0 Å². The predicted octanol–water partition coefficient (Wildman–Crippen LogP) is 2.25. The summed E-state index contributed by atoms with van der Waals surface area (Å²) in [6, 6.07) is 10.3. The normalized spacial score (nSPS) is 10.8. The van der Waals surface area contributed by atoms with Crippen LogP contribution < -0.4 is 5.73 Å². The van der Waals surface area contributed by atoms with E-state index in [0.29, 0.717) is 17.0 Å². The van der Waals surface area contributed by atoms with Crippen LogP contribution in [0.1, 0.15) is 5.56 Å². The number of anilines is 1. The molecule has 7 heteroatoms. The molecule has 0 spiro atoms. The van der Waals surface area contributed by atoms with Gasteiger partial charge in [-0.1, -0.05) is 18.2 Å². The Labute approximate surface area is 119 Å². The molecule has 0 radical (unpaired) electrons. The van der Waals surface area contributed by atoms with Crippen molar-refractivity contribution in [3.63, 3.8) is 0 Å². The van der Waals surface area contributed by atoms with E-state index in [1.165, 1.54) is 28.9 Å². The quantitative estimate of drug-likeness (QED) is 0.750. The first-order valence-corrected chi connectivity index (χ1v) is 6.20. The predicted molar refractivity (Wildman–Crippen MR) is 73.1 cm³/mol. The lowest BCUT2D eigenvalue weighted by Crippen LogP contribution is -2.07. The molecule has 0 aliphatic carbocycles. The van der Waals surface area contributed by atoms with Gasteiger partial charge in [-0.3, -0.25) is 0 Å². The third-order valence-electron chi connectivity index (χ3n) is 3.06. The van der Waals surface area contributed by atoms with E-state index in [0.717, 1.165) is 0 Å². The first-order valence-electron chi connectivity index (χ1n) is 6.20. The molecule has 0 saturated heterocycles. The molecule has 0 unspecified atom stereocenters. The van der Waals surface area contributed by atoms with E-state index >= 15 is 0 Å². The van der Waals surface area contributed by atoms with Gasteiger partial charge >= 0.3 is 0 Å². The second-order valence-electron chi connectivity index (χ2n) is 4.48. The molecular formula is C14H11F2N5. The number of halogens is 2. The number of aromatic nitrogens is 4. The zero-order valence-corrected chi connectivity index (χ0v) is 10.9. The third-order valence-corrected chi connectivity index (χ3v) is 3.06.